The van der Waals surface area contributed by atoms with Gasteiger partial charge in [0.2, 0.25) is 0 Å². The number of carboxylic acids is 2. The van der Waals surface area contributed by atoms with Crippen molar-refractivity contribution in [2.75, 3.05) is 0 Å². The molecule has 29 heavy (non-hydrogen) atoms. The Hall–Kier alpha value is -3.81. The number of carbonyl (C=O) groups is 2. The third-order valence-electron chi connectivity index (χ3n) is 4.23. The molecule has 0 bridgehead atoms. The summed E-state index contributed by atoms with van der Waals surface area (Å²) in [5, 5.41) is 18.1. The van der Waals surface area contributed by atoms with Crippen molar-refractivity contribution in [2.24, 2.45) is 0 Å². The Balaban J connectivity index is 1.89. The van der Waals surface area contributed by atoms with Crippen LogP contribution in [0.3, 0.4) is 0 Å². The maximum atomic E-state index is 12.8. The molecule has 3 rings (SSSR count). The monoisotopic (exact) mass is 398 g/mol. The summed E-state index contributed by atoms with van der Waals surface area (Å²) in [7, 11) is 0. The fourth-order valence-corrected chi connectivity index (χ4v) is 2.60. The molecule has 150 valence electrons. The first-order valence-corrected chi connectivity index (χ1v) is 8.71. The fraction of sp³-hybridized carbons (Fsp3) is 0.190. The fourth-order valence-electron chi connectivity index (χ4n) is 2.60. The van der Waals surface area contributed by atoms with Crippen LogP contribution in [-0.2, 0) is 9.59 Å². The van der Waals surface area contributed by atoms with Crippen molar-refractivity contribution < 1.29 is 33.7 Å². The predicted molar refractivity (Wildman–Crippen MR) is 103 cm³/mol. The summed E-state index contributed by atoms with van der Waals surface area (Å²) in [6, 6.07) is 10.9. The van der Waals surface area contributed by atoms with Crippen LogP contribution in [-0.4, -0.2) is 34.4 Å². The van der Waals surface area contributed by atoms with Crippen LogP contribution in [0.4, 0.5) is 0 Å². The Kier molecular flexibility index (Phi) is 5.54. The van der Waals surface area contributed by atoms with Crippen LogP contribution in [0, 0.1) is 0 Å². The summed E-state index contributed by atoms with van der Waals surface area (Å²) in [4.78, 5) is 34.6. The van der Waals surface area contributed by atoms with Gasteiger partial charge in [-0.3, -0.25) is 4.79 Å². The van der Waals surface area contributed by atoms with E-state index >= 15 is 0 Å². The average molecular weight is 398 g/mol. The van der Waals surface area contributed by atoms with Gasteiger partial charge in [0.1, 0.15) is 23.3 Å². The van der Waals surface area contributed by atoms with Gasteiger partial charge in [-0.25, -0.2) is 9.59 Å². The van der Waals surface area contributed by atoms with Crippen LogP contribution in [0.5, 0.6) is 11.5 Å². The smallest absolute Gasteiger partial charge is 0.344 e. The van der Waals surface area contributed by atoms with E-state index in [-0.39, 0.29) is 16.8 Å². The minimum Gasteiger partial charge on any atom is -0.479 e. The lowest BCUT2D eigenvalue weighted by molar-refractivity contribution is -0.145. The minimum absolute atomic E-state index is 0.267. The molecule has 2 atom stereocenters. The molecule has 0 radical (unpaired) electrons. The maximum Gasteiger partial charge on any atom is 0.344 e. The first-order chi connectivity index (χ1) is 13.8. The number of carboxylic acid groups (broad SMARTS) is 2. The third-order valence-corrected chi connectivity index (χ3v) is 4.23. The summed E-state index contributed by atoms with van der Waals surface area (Å²) in [5.41, 5.74) is 0.902. The maximum absolute atomic E-state index is 12.8. The average Bonchev–Trinajstić information content (AvgIpc) is 2.69. The van der Waals surface area contributed by atoms with Crippen molar-refractivity contribution in [1.29, 1.82) is 0 Å². The highest BCUT2D eigenvalue weighted by Crippen LogP contribution is 2.25. The topological polar surface area (TPSA) is 123 Å². The number of hydrogen-bond acceptors (Lipinski definition) is 6. The Morgan fingerprint density at radius 1 is 0.897 bits per heavy atom. The summed E-state index contributed by atoms with van der Waals surface area (Å²) in [6.07, 6.45) is -0.722. The van der Waals surface area contributed by atoms with E-state index < -0.39 is 24.1 Å². The Morgan fingerprint density at radius 2 is 1.45 bits per heavy atom. The SMILES string of the molecule is C[C@H](Oc1ccc(-c2coc3cc(O[C@H](C)C(=O)O)ccc3c2=O)cc1)C(=O)O. The molecular formula is C21H18O8. The number of ether oxygens (including phenoxy) is 2. The molecule has 0 spiro atoms. The van der Waals surface area contributed by atoms with Crippen molar-refractivity contribution in [1.82, 2.24) is 0 Å². The second kappa shape index (κ2) is 8.05. The quantitative estimate of drug-likeness (QED) is 0.622. The van der Waals surface area contributed by atoms with Gasteiger partial charge >= 0.3 is 11.9 Å². The second-order valence-electron chi connectivity index (χ2n) is 6.36. The van der Waals surface area contributed by atoms with Crippen LogP contribution >= 0.6 is 0 Å². The zero-order valence-electron chi connectivity index (χ0n) is 15.6. The zero-order valence-corrected chi connectivity index (χ0v) is 15.6. The van der Waals surface area contributed by atoms with E-state index in [0.29, 0.717) is 22.3 Å². The number of fused-ring (bicyclic) bond motifs is 1. The van der Waals surface area contributed by atoms with Crippen molar-refractivity contribution in [3.63, 3.8) is 0 Å². The molecule has 1 heterocycles. The lowest BCUT2D eigenvalue weighted by Gasteiger charge is -2.11. The molecule has 0 aliphatic heterocycles. The summed E-state index contributed by atoms with van der Waals surface area (Å²) < 4.78 is 16.1. The van der Waals surface area contributed by atoms with Gasteiger partial charge < -0.3 is 24.1 Å². The van der Waals surface area contributed by atoms with Crippen LogP contribution < -0.4 is 14.9 Å². The highest BCUT2D eigenvalue weighted by atomic mass is 16.5. The van der Waals surface area contributed by atoms with Gasteiger partial charge in [0.05, 0.1) is 10.9 Å². The van der Waals surface area contributed by atoms with Crippen molar-refractivity contribution in [3.8, 4) is 22.6 Å². The Labute approximate surface area is 164 Å². The molecule has 0 amide bonds. The lowest BCUT2D eigenvalue weighted by atomic mass is 10.1. The van der Waals surface area contributed by atoms with Crippen molar-refractivity contribution >= 4 is 22.9 Å². The van der Waals surface area contributed by atoms with Gasteiger partial charge in [0.15, 0.2) is 17.6 Å². The lowest BCUT2D eigenvalue weighted by Crippen LogP contribution is -2.22. The molecule has 8 nitrogen and oxygen atoms in total. The van der Waals surface area contributed by atoms with E-state index in [1.165, 1.54) is 38.3 Å². The first kappa shape index (κ1) is 19.9. The number of benzene rings is 2. The molecular weight excluding hydrogens is 380 g/mol. The van der Waals surface area contributed by atoms with Crippen LogP contribution in [0.25, 0.3) is 22.1 Å². The van der Waals surface area contributed by atoms with Gasteiger partial charge in [-0.2, -0.15) is 0 Å². The normalized spacial score (nSPS) is 12.9. The number of rotatable bonds is 7. The summed E-state index contributed by atoms with van der Waals surface area (Å²) >= 11 is 0. The molecule has 2 aromatic carbocycles. The molecule has 0 fully saturated rings. The van der Waals surface area contributed by atoms with Gasteiger partial charge in [-0.05, 0) is 43.7 Å². The van der Waals surface area contributed by atoms with Gasteiger partial charge in [-0.1, -0.05) is 12.1 Å². The van der Waals surface area contributed by atoms with E-state index in [2.05, 4.69) is 0 Å². The highest BCUT2D eigenvalue weighted by molar-refractivity contribution is 5.83. The van der Waals surface area contributed by atoms with Gasteiger partial charge in [0.25, 0.3) is 0 Å². The first-order valence-electron chi connectivity index (χ1n) is 8.71. The van der Waals surface area contributed by atoms with Crippen LogP contribution in [0.1, 0.15) is 13.8 Å². The van der Waals surface area contributed by atoms with Crippen LogP contribution in [0.15, 0.2) is 57.9 Å². The molecule has 0 aliphatic rings. The van der Waals surface area contributed by atoms with Crippen molar-refractivity contribution in [2.45, 2.75) is 26.1 Å². The van der Waals surface area contributed by atoms with Gasteiger partial charge in [-0.15, -0.1) is 0 Å². The zero-order chi connectivity index (χ0) is 21.1. The van der Waals surface area contributed by atoms with E-state index in [1.54, 1.807) is 24.3 Å². The summed E-state index contributed by atoms with van der Waals surface area (Å²) in [5.74, 6) is -1.54. The molecule has 0 unspecified atom stereocenters. The third kappa shape index (κ3) is 4.37. The standard InChI is InChI=1S/C21H18O8/c1-11(20(23)24)28-14-5-3-13(4-6-14)17-10-27-18-9-15(29-12(2)21(25)26)7-8-16(18)19(17)22/h3-12H,1-2H3,(H,23,24)(H,25,26)/t11-,12+/m0/s1. The molecule has 2 N–H and O–H groups in total. The predicted octanol–water partition coefficient (Wildman–Crippen LogP) is 3.16. The Bertz CT molecular complexity index is 1110. The molecule has 0 aliphatic carbocycles. The molecule has 3 aromatic rings. The van der Waals surface area contributed by atoms with E-state index in [0.717, 1.165) is 0 Å². The van der Waals surface area contributed by atoms with E-state index in [4.69, 9.17) is 24.1 Å². The van der Waals surface area contributed by atoms with Crippen molar-refractivity contribution in [3.05, 3.63) is 59.0 Å². The second-order valence-corrected chi connectivity index (χ2v) is 6.36. The summed E-state index contributed by atoms with van der Waals surface area (Å²) in [6.45, 7) is 2.82. The number of hydrogen-bond donors (Lipinski definition) is 2. The van der Waals surface area contributed by atoms with Gasteiger partial charge in [0, 0.05) is 6.07 Å². The highest BCUT2D eigenvalue weighted by Gasteiger charge is 2.15. The Morgan fingerprint density at radius 3 is 2.03 bits per heavy atom. The number of aliphatic carboxylic acids is 2. The molecule has 1 aromatic heterocycles. The molecule has 8 heteroatoms. The molecule has 0 saturated heterocycles. The molecule has 0 saturated carbocycles. The van der Waals surface area contributed by atoms with E-state index in [9.17, 15) is 14.4 Å². The van der Waals surface area contributed by atoms with E-state index in [1.807, 2.05) is 0 Å². The minimum atomic E-state index is -1.10. The largest absolute Gasteiger partial charge is 0.479 e. The van der Waals surface area contributed by atoms with Crippen LogP contribution in [0.2, 0.25) is 0 Å².